The van der Waals surface area contributed by atoms with Crippen LogP contribution in [0.4, 0.5) is 0 Å². The molecule has 0 saturated heterocycles. The summed E-state index contributed by atoms with van der Waals surface area (Å²) in [5, 5.41) is 22.4. The number of aliphatic hydroxyl groups is 1. The predicted octanol–water partition coefficient (Wildman–Crippen LogP) is 1.09. The normalized spacial score (nSPS) is 33.1. The number of phenolic OH excluding ortho intramolecular Hbond substituents is 1. The van der Waals surface area contributed by atoms with Crippen LogP contribution in [0, 0.1) is 23.7 Å². The first-order valence-electron chi connectivity index (χ1n) is 12.2. The number of phenols is 1. The van der Waals surface area contributed by atoms with Crippen molar-refractivity contribution in [3.8, 4) is 16.9 Å². The van der Waals surface area contributed by atoms with Crippen molar-refractivity contribution in [2.75, 3.05) is 14.1 Å². The van der Waals surface area contributed by atoms with Crippen molar-refractivity contribution in [1.82, 2.24) is 4.90 Å². The van der Waals surface area contributed by atoms with Gasteiger partial charge in [0.15, 0.2) is 34.7 Å². The highest BCUT2D eigenvalue weighted by atomic mass is 16.3. The number of aromatic hydroxyl groups is 1. The molecule has 0 radical (unpaired) electrons. The lowest BCUT2D eigenvalue weighted by Gasteiger charge is -2.53. The average molecular weight is 505 g/mol. The Balaban J connectivity index is 1.71. The van der Waals surface area contributed by atoms with E-state index in [9.17, 15) is 34.2 Å². The van der Waals surface area contributed by atoms with Gasteiger partial charge in [0.05, 0.1) is 17.5 Å². The van der Waals surface area contributed by atoms with Crippen LogP contribution in [0.5, 0.6) is 5.75 Å². The highest BCUT2D eigenvalue weighted by Gasteiger charge is 2.70. The number of ketones is 4. The van der Waals surface area contributed by atoms with Gasteiger partial charge in [-0.3, -0.25) is 28.9 Å². The molecule has 37 heavy (non-hydrogen) atoms. The van der Waals surface area contributed by atoms with E-state index in [1.165, 1.54) is 11.0 Å². The van der Waals surface area contributed by atoms with Crippen LogP contribution in [0.2, 0.25) is 0 Å². The number of amides is 1. The molecule has 3 aliphatic carbocycles. The average Bonchev–Trinajstić information content (AvgIpc) is 2.84. The molecule has 5 rings (SSSR count). The number of rotatable bonds is 3. The third-order valence-electron chi connectivity index (χ3n) is 8.52. The SMILES string of the molecule is CC1c2c(-c3ccccc3)ccc(O)c2C(=O)C2C(=O)C3(O)C(=O)C(C(N)=O)C(=O)C(N(C)C)C3CC21. The summed E-state index contributed by atoms with van der Waals surface area (Å²) < 4.78 is 0. The lowest BCUT2D eigenvalue weighted by Crippen LogP contribution is -2.74. The molecule has 1 amide bonds. The third kappa shape index (κ3) is 3.27. The molecule has 0 bridgehead atoms. The van der Waals surface area contributed by atoms with Crippen molar-refractivity contribution >= 4 is 29.0 Å². The van der Waals surface area contributed by atoms with Gasteiger partial charge in [-0.15, -0.1) is 0 Å². The van der Waals surface area contributed by atoms with E-state index in [0.29, 0.717) is 5.56 Å². The highest BCUT2D eigenvalue weighted by Crippen LogP contribution is 2.55. The van der Waals surface area contributed by atoms with Crippen LogP contribution in [0.1, 0.15) is 35.2 Å². The standard InChI is InChI=1S/C28H28N2O7/c1-12-15-11-16-22(30(2)3)24(33)21(27(29)36)26(35)28(16,37)25(34)19(15)23(32)20-17(31)10-9-14(18(12)20)13-7-5-4-6-8-13/h4-10,12,15-16,19,21-22,31,37H,11H2,1-3H3,(H2,29,36). The van der Waals surface area contributed by atoms with Crippen LogP contribution < -0.4 is 5.73 Å². The van der Waals surface area contributed by atoms with Crippen molar-refractivity contribution in [2.45, 2.75) is 30.9 Å². The fourth-order valence-corrected chi connectivity index (χ4v) is 6.86. The molecule has 2 fully saturated rings. The van der Waals surface area contributed by atoms with E-state index >= 15 is 0 Å². The summed E-state index contributed by atoms with van der Waals surface area (Å²) in [6.07, 6.45) is 0.00888. The fourth-order valence-electron chi connectivity index (χ4n) is 6.86. The van der Waals surface area contributed by atoms with Crippen molar-refractivity contribution in [1.29, 1.82) is 0 Å². The van der Waals surface area contributed by atoms with Gasteiger partial charge in [-0.25, -0.2) is 0 Å². The molecule has 2 aromatic carbocycles. The summed E-state index contributed by atoms with van der Waals surface area (Å²) in [6, 6.07) is 11.3. The van der Waals surface area contributed by atoms with Crippen molar-refractivity contribution in [3.63, 3.8) is 0 Å². The number of benzene rings is 2. The van der Waals surface area contributed by atoms with E-state index in [0.717, 1.165) is 11.1 Å². The molecule has 2 aromatic rings. The molecule has 0 spiro atoms. The minimum atomic E-state index is -2.73. The molecule has 9 heteroatoms. The predicted molar refractivity (Wildman–Crippen MR) is 132 cm³/mol. The van der Waals surface area contributed by atoms with E-state index in [4.69, 9.17) is 5.73 Å². The first kappa shape index (κ1) is 25.0. The number of primary amides is 1. The van der Waals surface area contributed by atoms with E-state index in [1.807, 2.05) is 37.3 Å². The molecular weight excluding hydrogens is 476 g/mol. The summed E-state index contributed by atoms with van der Waals surface area (Å²) in [5.74, 6) is -11.0. The highest BCUT2D eigenvalue weighted by molar-refractivity contribution is 6.32. The molecule has 0 aromatic heterocycles. The maximum Gasteiger partial charge on any atom is 0.235 e. The van der Waals surface area contributed by atoms with Gasteiger partial charge in [-0.1, -0.05) is 43.3 Å². The van der Waals surface area contributed by atoms with E-state index in [2.05, 4.69) is 0 Å². The fraction of sp³-hybridized carbons (Fsp3) is 0.393. The van der Waals surface area contributed by atoms with Crippen LogP contribution in [-0.2, 0) is 19.2 Å². The van der Waals surface area contributed by atoms with Gasteiger partial charge in [-0.2, -0.15) is 0 Å². The molecular formula is C28H28N2O7. The van der Waals surface area contributed by atoms with E-state index in [1.54, 1.807) is 20.2 Å². The van der Waals surface area contributed by atoms with Crippen LogP contribution in [0.15, 0.2) is 42.5 Å². The number of hydrogen-bond acceptors (Lipinski definition) is 8. The summed E-state index contributed by atoms with van der Waals surface area (Å²) in [6.45, 7) is 1.84. The summed E-state index contributed by atoms with van der Waals surface area (Å²) >= 11 is 0. The molecule has 7 unspecified atom stereocenters. The number of Topliss-reactive ketones (excluding diaryl/α,β-unsaturated/α-hetero) is 4. The number of carbonyl (C=O) groups is 5. The van der Waals surface area contributed by atoms with E-state index < -0.39 is 70.3 Å². The Hall–Kier alpha value is -3.69. The van der Waals surface area contributed by atoms with Gasteiger partial charge in [0.25, 0.3) is 0 Å². The molecule has 0 heterocycles. The van der Waals surface area contributed by atoms with Gasteiger partial charge in [-0.05, 0) is 55.1 Å². The zero-order valence-electron chi connectivity index (χ0n) is 20.7. The molecule has 0 aliphatic heterocycles. The van der Waals surface area contributed by atoms with Crippen LogP contribution >= 0.6 is 0 Å². The second-order valence-corrected chi connectivity index (χ2v) is 10.6. The Labute approximate surface area is 213 Å². The smallest absolute Gasteiger partial charge is 0.235 e. The lowest BCUT2D eigenvalue weighted by molar-refractivity contribution is -0.181. The monoisotopic (exact) mass is 504 g/mol. The first-order chi connectivity index (χ1) is 17.4. The molecule has 9 nitrogen and oxygen atoms in total. The maximum atomic E-state index is 13.9. The summed E-state index contributed by atoms with van der Waals surface area (Å²) in [5.41, 5.74) is 4.75. The zero-order chi connectivity index (χ0) is 27.0. The number of carbonyl (C=O) groups excluding carboxylic acids is 5. The number of likely N-dealkylation sites (N-methyl/N-ethyl adjacent to an activating group) is 1. The van der Waals surface area contributed by atoms with Gasteiger partial charge in [0.1, 0.15) is 5.75 Å². The van der Waals surface area contributed by atoms with Gasteiger partial charge < -0.3 is 15.9 Å². The molecule has 7 atom stereocenters. The molecule has 3 aliphatic rings. The second kappa shape index (κ2) is 8.43. The molecule has 192 valence electrons. The largest absolute Gasteiger partial charge is 0.507 e. The minimum absolute atomic E-state index is 0.00888. The molecule has 4 N–H and O–H groups in total. The maximum absolute atomic E-state index is 13.9. The van der Waals surface area contributed by atoms with Crippen molar-refractivity contribution < 1.29 is 34.2 Å². The number of nitrogens with two attached hydrogens (primary N) is 1. The van der Waals surface area contributed by atoms with Crippen molar-refractivity contribution in [3.05, 3.63) is 53.6 Å². The second-order valence-electron chi connectivity index (χ2n) is 10.6. The van der Waals surface area contributed by atoms with Gasteiger partial charge >= 0.3 is 0 Å². The van der Waals surface area contributed by atoms with E-state index in [-0.39, 0.29) is 17.7 Å². The first-order valence-corrected chi connectivity index (χ1v) is 12.2. The van der Waals surface area contributed by atoms with Crippen LogP contribution in [0.25, 0.3) is 11.1 Å². The molecule has 2 saturated carbocycles. The lowest BCUT2D eigenvalue weighted by atomic mass is 9.50. The Morgan fingerprint density at radius 2 is 1.68 bits per heavy atom. The van der Waals surface area contributed by atoms with Crippen molar-refractivity contribution in [2.24, 2.45) is 29.4 Å². The Kier molecular flexibility index (Phi) is 5.69. The number of nitrogens with zero attached hydrogens (tertiary/aromatic N) is 1. The number of fused-ring (bicyclic) bond motifs is 3. The van der Waals surface area contributed by atoms with Crippen LogP contribution in [0.3, 0.4) is 0 Å². The zero-order valence-corrected chi connectivity index (χ0v) is 20.7. The Bertz CT molecular complexity index is 1370. The topological polar surface area (TPSA) is 155 Å². The van der Waals surface area contributed by atoms with Gasteiger partial charge in [0, 0.05) is 5.92 Å². The van der Waals surface area contributed by atoms with Gasteiger partial charge in [0.2, 0.25) is 5.91 Å². The minimum Gasteiger partial charge on any atom is -0.507 e. The summed E-state index contributed by atoms with van der Waals surface area (Å²) in [7, 11) is 3.12. The third-order valence-corrected chi connectivity index (χ3v) is 8.52. The summed E-state index contributed by atoms with van der Waals surface area (Å²) in [4.78, 5) is 67.9. The van der Waals surface area contributed by atoms with Crippen LogP contribution in [-0.4, -0.2) is 69.9 Å². The quantitative estimate of drug-likeness (QED) is 0.525. The Morgan fingerprint density at radius 1 is 1.03 bits per heavy atom. The number of hydrogen-bond donors (Lipinski definition) is 3. The Morgan fingerprint density at radius 3 is 2.27 bits per heavy atom.